The minimum absolute atomic E-state index is 0.0902. The maximum Gasteiger partial charge on any atom is 0.224 e. The lowest BCUT2D eigenvalue weighted by molar-refractivity contribution is -0.129. The molecule has 86 valence electrons. The second-order valence-electron chi connectivity index (χ2n) is 2.64. The Balaban J connectivity index is 0. The van der Waals surface area contributed by atoms with Gasteiger partial charge < -0.3 is 14.4 Å². The van der Waals surface area contributed by atoms with Gasteiger partial charge >= 0.3 is 0 Å². The number of carbonyl (C=O) groups excluding carboxylic acids is 1. The van der Waals surface area contributed by atoms with Crippen molar-refractivity contribution in [3.05, 3.63) is 0 Å². The Labute approximate surface area is 87.2 Å². The Bertz CT molecular complexity index is 127. The third-order valence-electron chi connectivity index (χ3n) is 1.39. The molecule has 0 heterocycles. The fraction of sp³-hybridized carbons (Fsp3) is 0.900. The molecule has 0 aliphatic rings. The van der Waals surface area contributed by atoms with Crippen LogP contribution in [0.15, 0.2) is 0 Å². The first-order chi connectivity index (χ1) is 6.68. The third-order valence-corrected chi connectivity index (χ3v) is 1.39. The summed E-state index contributed by atoms with van der Waals surface area (Å²) in [7, 11) is 5.09. The van der Waals surface area contributed by atoms with Gasteiger partial charge in [-0.25, -0.2) is 0 Å². The van der Waals surface area contributed by atoms with Crippen LogP contribution in [0.2, 0.25) is 0 Å². The average molecular weight is 205 g/mol. The molecule has 0 aromatic heterocycles. The number of rotatable bonds is 6. The van der Waals surface area contributed by atoms with Crippen LogP contribution in [0.4, 0.5) is 0 Å². The van der Waals surface area contributed by atoms with Crippen molar-refractivity contribution in [1.29, 1.82) is 0 Å². The topological polar surface area (TPSA) is 38.8 Å². The zero-order valence-corrected chi connectivity index (χ0v) is 10.0. The highest BCUT2D eigenvalue weighted by Gasteiger charge is 2.02. The standard InChI is InChI=1S/C8H17NO3.C2H6/c1-9(2)8(10)4-5-12-7-6-11-3;1-2/h4-7H2,1-3H3;1-2H3. The van der Waals surface area contributed by atoms with Crippen molar-refractivity contribution in [3.63, 3.8) is 0 Å². The molecule has 0 radical (unpaired) electrons. The number of hydrogen-bond donors (Lipinski definition) is 0. The van der Waals surface area contributed by atoms with Crippen LogP contribution in [0, 0.1) is 0 Å². The van der Waals surface area contributed by atoms with Gasteiger partial charge in [0, 0.05) is 21.2 Å². The van der Waals surface area contributed by atoms with Crippen molar-refractivity contribution in [2.45, 2.75) is 20.3 Å². The first-order valence-corrected chi connectivity index (χ1v) is 4.95. The maximum absolute atomic E-state index is 11.0. The Kier molecular flexibility index (Phi) is 14.0. The third kappa shape index (κ3) is 11.4. The maximum atomic E-state index is 11.0. The second-order valence-corrected chi connectivity index (χ2v) is 2.64. The zero-order chi connectivity index (χ0) is 11.4. The number of hydrogen-bond acceptors (Lipinski definition) is 3. The molecule has 0 rings (SSSR count). The summed E-state index contributed by atoms with van der Waals surface area (Å²) >= 11 is 0. The molecule has 0 bridgehead atoms. The van der Waals surface area contributed by atoms with Crippen LogP contribution in [-0.2, 0) is 14.3 Å². The summed E-state index contributed by atoms with van der Waals surface area (Å²) in [5.74, 6) is 0.0902. The van der Waals surface area contributed by atoms with Crippen LogP contribution in [0.25, 0.3) is 0 Å². The number of amides is 1. The molecule has 0 aliphatic heterocycles. The van der Waals surface area contributed by atoms with E-state index in [0.717, 1.165) is 0 Å². The molecule has 0 saturated heterocycles. The van der Waals surface area contributed by atoms with Crippen LogP contribution < -0.4 is 0 Å². The fourth-order valence-electron chi connectivity index (χ4n) is 0.627. The first-order valence-electron chi connectivity index (χ1n) is 4.95. The molecule has 0 saturated carbocycles. The molecular weight excluding hydrogens is 182 g/mol. The van der Waals surface area contributed by atoms with Crippen LogP contribution in [0.5, 0.6) is 0 Å². The highest BCUT2D eigenvalue weighted by Crippen LogP contribution is 1.88. The average Bonchev–Trinajstić information content (AvgIpc) is 2.20. The molecule has 0 unspecified atom stereocenters. The monoisotopic (exact) mass is 205 g/mol. The highest BCUT2D eigenvalue weighted by atomic mass is 16.5. The molecule has 0 fully saturated rings. The van der Waals surface area contributed by atoms with Crippen molar-refractivity contribution in [2.24, 2.45) is 0 Å². The van der Waals surface area contributed by atoms with Gasteiger partial charge in [-0.05, 0) is 0 Å². The predicted octanol–water partition coefficient (Wildman–Crippen LogP) is 1.15. The number of ether oxygens (including phenoxy) is 2. The Morgan fingerprint density at radius 2 is 1.71 bits per heavy atom. The van der Waals surface area contributed by atoms with Gasteiger partial charge in [0.05, 0.1) is 26.2 Å². The highest BCUT2D eigenvalue weighted by molar-refractivity contribution is 5.75. The van der Waals surface area contributed by atoms with Crippen molar-refractivity contribution in [1.82, 2.24) is 4.90 Å². The van der Waals surface area contributed by atoms with Crippen LogP contribution in [-0.4, -0.2) is 51.8 Å². The summed E-state index contributed by atoms with van der Waals surface area (Å²) in [6, 6.07) is 0. The van der Waals surface area contributed by atoms with E-state index in [2.05, 4.69) is 0 Å². The quantitative estimate of drug-likeness (QED) is 0.611. The van der Waals surface area contributed by atoms with Gasteiger partial charge in [0.2, 0.25) is 5.91 Å². The summed E-state index contributed by atoms with van der Waals surface area (Å²) in [6.45, 7) is 5.60. The molecule has 14 heavy (non-hydrogen) atoms. The molecule has 0 N–H and O–H groups in total. The first kappa shape index (κ1) is 15.8. The van der Waals surface area contributed by atoms with E-state index in [0.29, 0.717) is 26.2 Å². The van der Waals surface area contributed by atoms with E-state index in [9.17, 15) is 4.79 Å². The van der Waals surface area contributed by atoms with Crippen LogP contribution >= 0.6 is 0 Å². The van der Waals surface area contributed by atoms with Crippen LogP contribution in [0.3, 0.4) is 0 Å². The summed E-state index contributed by atoms with van der Waals surface area (Å²) in [5.41, 5.74) is 0. The molecule has 0 spiro atoms. The van der Waals surface area contributed by atoms with Crippen LogP contribution in [0.1, 0.15) is 20.3 Å². The van der Waals surface area contributed by atoms with E-state index in [1.165, 1.54) is 0 Å². The van der Waals surface area contributed by atoms with Crippen molar-refractivity contribution < 1.29 is 14.3 Å². The number of carbonyl (C=O) groups is 1. The molecule has 0 aliphatic carbocycles. The van der Waals surface area contributed by atoms with Gasteiger partial charge in [-0.15, -0.1) is 0 Å². The van der Waals surface area contributed by atoms with Gasteiger partial charge in [0.15, 0.2) is 0 Å². The molecule has 0 atom stereocenters. The molecule has 4 heteroatoms. The fourth-order valence-corrected chi connectivity index (χ4v) is 0.627. The minimum atomic E-state index is 0.0902. The van der Waals surface area contributed by atoms with Crippen molar-refractivity contribution >= 4 is 5.91 Å². The molecule has 4 nitrogen and oxygen atoms in total. The van der Waals surface area contributed by atoms with E-state index < -0.39 is 0 Å². The van der Waals surface area contributed by atoms with Crippen molar-refractivity contribution in [2.75, 3.05) is 41.0 Å². The van der Waals surface area contributed by atoms with Gasteiger partial charge in [0.1, 0.15) is 0 Å². The Hall–Kier alpha value is -0.610. The molecule has 0 aromatic carbocycles. The Morgan fingerprint density at radius 1 is 1.14 bits per heavy atom. The second kappa shape index (κ2) is 12.4. The largest absolute Gasteiger partial charge is 0.382 e. The molecule has 0 aromatic rings. The van der Waals surface area contributed by atoms with Gasteiger partial charge in [0.25, 0.3) is 0 Å². The predicted molar refractivity (Wildman–Crippen MR) is 57.4 cm³/mol. The summed E-state index contributed by atoms with van der Waals surface area (Å²) in [5, 5.41) is 0. The Morgan fingerprint density at radius 3 is 2.14 bits per heavy atom. The van der Waals surface area contributed by atoms with Gasteiger partial charge in [-0.1, -0.05) is 13.8 Å². The zero-order valence-electron chi connectivity index (χ0n) is 10.0. The number of methoxy groups -OCH3 is 1. The SMILES string of the molecule is CC.COCCOCCC(=O)N(C)C. The van der Waals surface area contributed by atoms with E-state index in [1.807, 2.05) is 13.8 Å². The lowest BCUT2D eigenvalue weighted by atomic mass is 10.4. The molecule has 1 amide bonds. The van der Waals surface area contributed by atoms with E-state index >= 15 is 0 Å². The normalized spacial score (nSPS) is 8.93. The summed E-state index contributed by atoms with van der Waals surface area (Å²) in [6.07, 6.45) is 0.441. The van der Waals surface area contributed by atoms with E-state index in [1.54, 1.807) is 26.1 Å². The lowest BCUT2D eigenvalue weighted by Crippen LogP contribution is -2.23. The lowest BCUT2D eigenvalue weighted by Gasteiger charge is -2.09. The van der Waals surface area contributed by atoms with E-state index in [4.69, 9.17) is 9.47 Å². The minimum Gasteiger partial charge on any atom is -0.382 e. The molecular formula is C10H23NO3. The number of nitrogens with zero attached hydrogens (tertiary/aromatic N) is 1. The van der Waals surface area contributed by atoms with E-state index in [-0.39, 0.29) is 5.91 Å². The van der Waals surface area contributed by atoms with Gasteiger partial charge in [-0.3, -0.25) is 4.79 Å². The summed E-state index contributed by atoms with van der Waals surface area (Å²) < 4.78 is 9.90. The summed E-state index contributed by atoms with van der Waals surface area (Å²) in [4.78, 5) is 12.5. The van der Waals surface area contributed by atoms with Gasteiger partial charge in [-0.2, -0.15) is 0 Å². The smallest absolute Gasteiger partial charge is 0.224 e. The van der Waals surface area contributed by atoms with Crippen molar-refractivity contribution in [3.8, 4) is 0 Å².